The van der Waals surface area contributed by atoms with E-state index in [0.717, 1.165) is 35.5 Å². The molecule has 0 aliphatic carbocycles. The molecule has 1 aliphatic rings. The number of rotatable bonds is 2. The number of nitrogens with zero attached hydrogens (tertiary/aromatic N) is 3. The molecule has 4 heteroatoms. The maximum atomic E-state index is 4.72. The Balaban J connectivity index is 1.98. The molecule has 0 radical (unpaired) electrons. The Labute approximate surface area is 116 Å². The van der Waals surface area contributed by atoms with Gasteiger partial charge in [-0.05, 0) is 34.0 Å². The van der Waals surface area contributed by atoms with Crippen molar-refractivity contribution < 1.29 is 0 Å². The molecule has 1 aliphatic heterocycles. The second-order valence-electron chi connectivity index (χ2n) is 5.46. The molecular formula is C14H18BrN3. The van der Waals surface area contributed by atoms with Crippen LogP contribution in [0.4, 0.5) is 0 Å². The molecule has 0 saturated heterocycles. The summed E-state index contributed by atoms with van der Waals surface area (Å²) in [6, 6.07) is 4.13. The number of hydrogen-bond donors (Lipinski definition) is 0. The van der Waals surface area contributed by atoms with Crippen molar-refractivity contribution in [2.24, 2.45) is 5.92 Å². The largest absolute Gasteiger partial charge is 0.301 e. The molecule has 0 unspecified atom stereocenters. The first kappa shape index (κ1) is 12.2. The summed E-state index contributed by atoms with van der Waals surface area (Å²) in [5.41, 5.74) is 3.70. The first-order chi connectivity index (χ1) is 8.63. The molecule has 2 aromatic heterocycles. The van der Waals surface area contributed by atoms with Crippen LogP contribution in [0.1, 0.15) is 25.2 Å². The highest BCUT2D eigenvalue weighted by Crippen LogP contribution is 2.22. The van der Waals surface area contributed by atoms with Crippen LogP contribution < -0.4 is 0 Å². The van der Waals surface area contributed by atoms with Crippen molar-refractivity contribution in [3.8, 4) is 0 Å². The molecule has 0 fully saturated rings. The maximum absolute atomic E-state index is 4.72. The van der Waals surface area contributed by atoms with Gasteiger partial charge in [-0.15, -0.1) is 0 Å². The van der Waals surface area contributed by atoms with E-state index >= 15 is 0 Å². The van der Waals surface area contributed by atoms with E-state index in [0.29, 0.717) is 0 Å². The third-order valence-electron chi connectivity index (χ3n) is 3.43. The first-order valence-corrected chi connectivity index (χ1v) is 7.30. The highest BCUT2D eigenvalue weighted by atomic mass is 79.9. The molecule has 2 aromatic rings. The number of imidazole rings is 1. The second-order valence-corrected chi connectivity index (χ2v) is 6.38. The fraction of sp³-hybridized carbons (Fsp3) is 0.500. The monoisotopic (exact) mass is 307 g/mol. The lowest BCUT2D eigenvalue weighted by Crippen LogP contribution is -2.33. The number of hydrogen-bond acceptors (Lipinski definition) is 2. The quantitative estimate of drug-likeness (QED) is 0.850. The van der Waals surface area contributed by atoms with Gasteiger partial charge < -0.3 is 4.40 Å². The predicted molar refractivity (Wildman–Crippen MR) is 76.7 cm³/mol. The van der Waals surface area contributed by atoms with Gasteiger partial charge in [0.2, 0.25) is 0 Å². The molecule has 3 rings (SSSR count). The normalized spacial score (nSPS) is 16.4. The van der Waals surface area contributed by atoms with Crippen LogP contribution in [-0.2, 0) is 13.0 Å². The van der Waals surface area contributed by atoms with E-state index in [-0.39, 0.29) is 0 Å². The highest BCUT2D eigenvalue weighted by molar-refractivity contribution is 9.10. The van der Waals surface area contributed by atoms with Crippen LogP contribution in [0.3, 0.4) is 0 Å². The van der Waals surface area contributed by atoms with Gasteiger partial charge in [0.15, 0.2) is 0 Å². The van der Waals surface area contributed by atoms with E-state index in [1.54, 1.807) is 0 Å². The van der Waals surface area contributed by atoms with Crippen molar-refractivity contribution in [1.29, 1.82) is 0 Å². The fourth-order valence-electron chi connectivity index (χ4n) is 2.71. The summed E-state index contributed by atoms with van der Waals surface area (Å²) in [4.78, 5) is 7.25. The van der Waals surface area contributed by atoms with E-state index in [1.165, 1.54) is 17.9 Å². The zero-order valence-electron chi connectivity index (χ0n) is 10.9. The van der Waals surface area contributed by atoms with Crippen LogP contribution in [0.5, 0.6) is 0 Å². The Bertz CT molecular complexity index is 574. The van der Waals surface area contributed by atoms with Crippen molar-refractivity contribution in [2.75, 3.05) is 13.1 Å². The summed E-state index contributed by atoms with van der Waals surface area (Å²) in [6.07, 6.45) is 3.20. The van der Waals surface area contributed by atoms with Crippen molar-refractivity contribution in [1.82, 2.24) is 14.3 Å². The van der Waals surface area contributed by atoms with Crippen LogP contribution in [0.2, 0.25) is 0 Å². The second kappa shape index (κ2) is 4.67. The third kappa shape index (κ3) is 2.19. The Kier molecular flexibility index (Phi) is 3.16. The van der Waals surface area contributed by atoms with Gasteiger partial charge in [0.25, 0.3) is 0 Å². The predicted octanol–water partition coefficient (Wildman–Crippen LogP) is 3.11. The van der Waals surface area contributed by atoms with Crippen molar-refractivity contribution in [3.63, 3.8) is 0 Å². The third-order valence-corrected chi connectivity index (χ3v) is 3.89. The summed E-state index contributed by atoms with van der Waals surface area (Å²) < 4.78 is 3.34. The first-order valence-electron chi connectivity index (χ1n) is 6.51. The van der Waals surface area contributed by atoms with Gasteiger partial charge in [-0.1, -0.05) is 13.8 Å². The molecule has 0 N–H and O–H groups in total. The molecule has 0 atom stereocenters. The Morgan fingerprint density at radius 3 is 3.00 bits per heavy atom. The molecule has 0 saturated carbocycles. The van der Waals surface area contributed by atoms with Gasteiger partial charge in [-0.25, -0.2) is 4.98 Å². The number of pyridine rings is 1. The van der Waals surface area contributed by atoms with Crippen molar-refractivity contribution in [2.45, 2.75) is 26.8 Å². The molecule has 96 valence electrons. The van der Waals surface area contributed by atoms with Crippen LogP contribution in [0.15, 0.2) is 22.8 Å². The zero-order valence-corrected chi connectivity index (χ0v) is 12.4. The van der Waals surface area contributed by atoms with E-state index in [2.05, 4.69) is 57.4 Å². The van der Waals surface area contributed by atoms with Gasteiger partial charge in [0.1, 0.15) is 5.65 Å². The topological polar surface area (TPSA) is 20.5 Å². The SMILES string of the molecule is CC(C)CN1CCc2nc3ccc(Br)cn3c2C1. The van der Waals surface area contributed by atoms with Gasteiger partial charge >= 0.3 is 0 Å². The van der Waals surface area contributed by atoms with E-state index in [1.807, 2.05) is 0 Å². The van der Waals surface area contributed by atoms with Crippen LogP contribution in [0, 0.1) is 5.92 Å². The minimum Gasteiger partial charge on any atom is -0.301 e. The van der Waals surface area contributed by atoms with E-state index in [9.17, 15) is 0 Å². The molecule has 3 heterocycles. The fourth-order valence-corrected chi connectivity index (χ4v) is 3.05. The van der Waals surface area contributed by atoms with E-state index in [4.69, 9.17) is 4.98 Å². The number of halogens is 1. The molecule has 18 heavy (non-hydrogen) atoms. The lowest BCUT2D eigenvalue weighted by Gasteiger charge is -2.27. The Morgan fingerprint density at radius 2 is 2.22 bits per heavy atom. The molecule has 0 amide bonds. The molecule has 0 aromatic carbocycles. The smallest absolute Gasteiger partial charge is 0.137 e. The summed E-state index contributed by atoms with van der Waals surface area (Å²) in [7, 11) is 0. The molecular weight excluding hydrogens is 290 g/mol. The van der Waals surface area contributed by atoms with Gasteiger partial charge in [-0.3, -0.25) is 4.90 Å². The summed E-state index contributed by atoms with van der Waals surface area (Å²) in [5, 5.41) is 0. The molecule has 0 spiro atoms. The molecule has 0 bridgehead atoms. The average Bonchev–Trinajstić information content (AvgIpc) is 2.66. The standard InChI is InChI=1S/C14H18BrN3/c1-10(2)7-17-6-5-12-13(9-17)18-8-11(15)3-4-14(18)16-12/h3-4,8,10H,5-7,9H2,1-2H3. The van der Waals surface area contributed by atoms with Crippen molar-refractivity contribution in [3.05, 3.63) is 34.2 Å². The van der Waals surface area contributed by atoms with Gasteiger partial charge in [0, 0.05) is 36.7 Å². The highest BCUT2D eigenvalue weighted by Gasteiger charge is 2.21. The van der Waals surface area contributed by atoms with Gasteiger partial charge in [-0.2, -0.15) is 0 Å². The minimum absolute atomic E-state index is 0.720. The molecule has 3 nitrogen and oxygen atoms in total. The Hall–Kier alpha value is -0.870. The van der Waals surface area contributed by atoms with Crippen LogP contribution in [0.25, 0.3) is 5.65 Å². The average molecular weight is 308 g/mol. The maximum Gasteiger partial charge on any atom is 0.137 e. The number of fused-ring (bicyclic) bond motifs is 3. The van der Waals surface area contributed by atoms with E-state index < -0.39 is 0 Å². The van der Waals surface area contributed by atoms with Crippen molar-refractivity contribution >= 4 is 21.6 Å². The summed E-state index contributed by atoms with van der Waals surface area (Å²) in [5.74, 6) is 0.720. The minimum atomic E-state index is 0.720. The lowest BCUT2D eigenvalue weighted by atomic mass is 10.1. The Morgan fingerprint density at radius 1 is 1.39 bits per heavy atom. The van der Waals surface area contributed by atoms with Crippen LogP contribution >= 0.6 is 15.9 Å². The van der Waals surface area contributed by atoms with Gasteiger partial charge in [0.05, 0.1) is 11.4 Å². The zero-order chi connectivity index (χ0) is 12.7. The van der Waals surface area contributed by atoms with Crippen LogP contribution in [-0.4, -0.2) is 27.4 Å². The summed E-state index contributed by atoms with van der Waals surface area (Å²) >= 11 is 3.54. The number of aromatic nitrogens is 2. The lowest BCUT2D eigenvalue weighted by molar-refractivity contribution is 0.222. The summed E-state index contributed by atoms with van der Waals surface area (Å²) in [6.45, 7) is 7.88.